The van der Waals surface area contributed by atoms with E-state index in [0.29, 0.717) is 69.5 Å². The Kier molecular flexibility index (Phi) is 13.8. The molecular formula is C44H51N3O11. The van der Waals surface area contributed by atoms with Gasteiger partial charge in [0.1, 0.15) is 57.8 Å². The number of Topliss-reactive ketones (excluding diaryl/α,β-unsaturated/α-hetero) is 2. The van der Waals surface area contributed by atoms with Gasteiger partial charge in [-0.2, -0.15) is 0 Å². The van der Waals surface area contributed by atoms with Crippen molar-refractivity contribution in [3.05, 3.63) is 106 Å². The Hall–Kier alpha value is -5.22. The molecule has 0 radical (unpaired) electrons. The number of morpholine rings is 3. The number of fused-ring (bicyclic) bond motifs is 2. The van der Waals surface area contributed by atoms with Crippen LogP contribution in [0, 0.1) is 0 Å². The number of benzene rings is 4. The van der Waals surface area contributed by atoms with E-state index in [4.69, 9.17) is 23.7 Å². The zero-order chi connectivity index (χ0) is 40.4. The lowest BCUT2D eigenvalue weighted by atomic mass is 9.90. The summed E-state index contributed by atoms with van der Waals surface area (Å²) in [5, 5.41) is 44.8. The van der Waals surface area contributed by atoms with Crippen molar-refractivity contribution in [1.82, 2.24) is 15.1 Å². The molecule has 0 unspecified atom stereocenters. The monoisotopic (exact) mass is 797 g/mol. The zero-order valence-electron chi connectivity index (χ0n) is 32.4. The summed E-state index contributed by atoms with van der Waals surface area (Å²) < 4.78 is 27.9. The van der Waals surface area contributed by atoms with Crippen LogP contribution < -0.4 is 14.8 Å². The predicted molar refractivity (Wildman–Crippen MR) is 213 cm³/mol. The molecule has 0 spiro atoms. The molecule has 5 aliphatic heterocycles. The van der Waals surface area contributed by atoms with E-state index < -0.39 is 6.10 Å². The van der Waals surface area contributed by atoms with Crippen molar-refractivity contribution in [2.24, 2.45) is 0 Å². The molecule has 14 nitrogen and oxygen atoms in total. The number of rotatable bonds is 6. The van der Waals surface area contributed by atoms with Gasteiger partial charge in [0.05, 0.1) is 63.6 Å². The van der Waals surface area contributed by atoms with Crippen LogP contribution in [0.2, 0.25) is 0 Å². The highest BCUT2D eigenvalue weighted by Gasteiger charge is 2.37. The minimum Gasteiger partial charge on any atom is -0.508 e. The average molecular weight is 798 g/mol. The Bertz CT molecular complexity index is 2000. The summed E-state index contributed by atoms with van der Waals surface area (Å²) in [6.07, 6.45) is -0.528. The summed E-state index contributed by atoms with van der Waals surface area (Å²) in [7, 11) is 0. The highest BCUT2D eigenvalue weighted by Crippen LogP contribution is 2.49. The third-order valence-electron chi connectivity index (χ3n) is 10.7. The van der Waals surface area contributed by atoms with Crippen LogP contribution in [0.15, 0.2) is 72.8 Å². The van der Waals surface area contributed by atoms with Crippen molar-refractivity contribution in [3.63, 3.8) is 0 Å². The second-order valence-corrected chi connectivity index (χ2v) is 14.6. The molecule has 9 rings (SSSR count). The Morgan fingerprint density at radius 3 is 1.60 bits per heavy atom. The molecular weight excluding hydrogens is 746 g/mol. The van der Waals surface area contributed by atoms with Crippen LogP contribution in [0.3, 0.4) is 0 Å². The Balaban J connectivity index is 0.000000171. The second-order valence-electron chi connectivity index (χ2n) is 14.6. The van der Waals surface area contributed by atoms with E-state index in [1.807, 2.05) is 60.7 Å². The van der Waals surface area contributed by atoms with E-state index in [-0.39, 0.29) is 70.4 Å². The molecule has 2 atom stereocenters. The van der Waals surface area contributed by atoms with Gasteiger partial charge in [-0.3, -0.25) is 19.4 Å². The zero-order valence-corrected chi connectivity index (χ0v) is 32.4. The number of nitrogens with one attached hydrogen (secondary N) is 1. The first-order valence-corrected chi connectivity index (χ1v) is 19.8. The van der Waals surface area contributed by atoms with Gasteiger partial charge in [0.2, 0.25) is 0 Å². The Labute approximate surface area is 337 Å². The van der Waals surface area contributed by atoms with E-state index in [2.05, 4.69) is 15.1 Å². The first-order valence-electron chi connectivity index (χ1n) is 19.8. The molecule has 5 N–H and O–H groups in total. The fraction of sp³-hybridized carbons (Fsp3) is 0.409. The Morgan fingerprint density at radius 2 is 1.09 bits per heavy atom. The molecule has 308 valence electrons. The maximum absolute atomic E-state index is 13.3. The Morgan fingerprint density at radius 1 is 0.586 bits per heavy atom. The van der Waals surface area contributed by atoms with Crippen molar-refractivity contribution >= 4 is 11.6 Å². The summed E-state index contributed by atoms with van der Waals surface area (Å²) in [6.45, 7) is 9.91. The number of hydrogen-bond donors (Lipinski definition) is 5. The fourth-order valence-electron chi connectivity index (χ4n) is 7.56. The predicted octanol–water partition coefficient (Wildman–Crippen LogP) is 4.88. The van der Waals surface area contributed by atoms with Crippen molar-refractivity contribution in [2.75, 3.05) is 78.9 Å². The minimum atomic E-state index is -0.460. The minimum absolute atomic E-state index is 0.00532. The summed E-state index contributed by atoms with van der Waals surface area (Å²) in [4.78, 5) is 29.7. The number of nitrogens with zero attached hydrogens (tertiary/aromatic N) is 2. The van der Waals surface area contributed by atoms with E-state index in [0.717, 1.165) is 56.6 Å². The lowest BCUT2D eigenvalue weighted by Gasteiger charge is -2.33. The average Bonchev–Trinajstić information content (AvgIpc) is 3.25. The number of carbonyl (C=O) groups is 2. The molecule has 3 fully saturated rings. The van der Waals surface area contributed by atoms with Crippen LogP contribution in [0.5, 0.6) is 34.5 Å². The van der Waals surface area contributed by atoms with E-state index >= 15 is 0 Å². The fourth-order valence-corrected chi connectivity index (χ4v) is 7.56. The maximum Gasteiger partial charge on any atom is 0.174 e. The number of phenols is 4. The van der Waals surface area contributed by atoms with Gasteiger partial charge in [0.25, 0.3) is 0 Å². The van der Waals surface area contributed by atoms with Crippen molar-refractivity contribution in [2.45, 2.75) is 38.1 Å². The van der Waals surface area contributed by atoms with Crippen LogP contribution in [-0.2, 0) is 27.3 Å². The molecule has 5 aliphatic rings. The number of ketones is 2. The van der Waals surface area contributed by atoms with Crippen molar-refractivity contribution < 1.29 is 53.7 Å². The number of carbonyl (C=O) groups excluding carboxylic acids is 2. The maximum atomic E-state index is 13.3. The highest BCUT2D eigenvalue weighted by molar-refractivity contribution is 6.04. The lowest BCUT2D eigenvalue weighted by Crippen LogP contribution is -2.37. The molecule has 0 bridgehead atoms. The molecule has 0 aliphatic carbocycles. The quantitative estimate of drug-likeness (QED) is 0.178. The molecule has 14 heteroatoms. The smallest absolute Gasteiger partial charge is 0.174 e. The van der Waals surface area contributed by atoms with Crippen LogP contribution in [-0.4, -0.2) is 121 Å². The van der Waals surface area contributed by atoms with Gasteiger partial charge < -0.3 is 49.4 Å². The third-order valence-corrected chi connectivity index (χ3v) is 10.7. The summed E-state index contributed by atoms with van der Waals surface area (Å²) >= 11 is 0. The van der Waals surface area contributed by atoms with Gasteiger partial charge in [-0.15, -0.1) is 0 Å². The number of aromatic hydroxyl groups is 4. The number of hydrogen-bond acceptors (Lipinski definition) is 14. The van der Waals surface area contributed by atoms with Crippen molar-refractivity contribution in [3.8, 4) is 34.5 Å². The van der Waals surface area contributed by atoms with Crippen LogP contribution in [0.25, 0.3) is 0 Å². The topological polar surface area (TPSA) is 180 Å². The van der Waals surface area contributed by atoms with Gasteiger partial charge in [-0.05, 0) is 11.1 Å². The normalized spacial score (nSPS) is 20.8. The van der Waals surface area contributed by atoms with Gasteiger partial charge in [-0.1, -0.05) is 60.7 Å². The molecule has 0 saturated carbocycles. The van der Waals surface area contributed by atoms with Crippen LogP contribution in [0.1, 0.15) is 68.0 Å². The summed E-state index contributed by atoms with van der Waals surface area (Å²) in [5.41, 5.74) is 3.06. The van der Waals surface area contributed by atoms with Crippen LogP contribution >= 0.6 is 0 Å². The third kappa shape index (κ3) is 9.89. The molecule has 0 aromatic heterocycles. The largest absolute Gasteiger partial charge is 0.508 e. The van der Waals surface area contributed by atoms with E-state index in [1.165, 1.54) is 6.07 Å². The molecule has 58 heavy (non-hydrogen) atoms. The van der Waals surface area contributed by atoms with Gasteiger partial charge in [-0.25, -0.2) is 0 Å². The second kappa shape index (κ2) is 19.5. The summed E-state index contributed by atoms with van der Waals surface area (Å²) in [6, 6.07) is 21.5. The van der Waals surface area contributed by atoms with Gasteiger partial charge in [0, 0.05) is 64.5 Å². The van der Waals surface area contributed by atoms with Gasteiger partial charge in [0.15, 0.2) is 11.6 Å². The van der Waals surface area contributed by atoms with E-state index in [9.17, 15) is 30.0 Å². The number of ether oxygens (including phenoxy) is 5. The molecule has 4 aromatic rings. The first kappa shape index (κ1) is 41.0. The SMILES string of the molecule is C1COCCN1.O=C1C[C@@H](c2ccccc2)Oc2c(CN3CCOCC3)c(O)c(CN3CCOCC3)c(O)c21.O=C1C[C@@H](c2ccccc2)Oc2cc(O)cc(O)c21. The first-order chi connectivity index (χ1) is 28.3. The summed E-state index contributed by atoms with van der Waals surface area (Å²) in [5.74, 6) is -0.372. The van der Waals surface area contributed by atoms with Crippen LogP contribution in [0.4, 0.5) is 0 Å². The standard InChI is InChI=1S/C25H30N2O6.C15H12O4.C4H9NO/c28-20-14-21(17-4-2-1-3-5-17)33-25-19(16-27-8-12-32-13-9-27)23(29)18(24(30)22(20)25)15-26-6-10-31-11-7-26;16-10-6-11(17)15-12(18)8-13(19-14(15)7-10)9-4-2-1-3-5-9;1-3-6-4-2-5-1/h1-5,21,29-30H,6-16H2;1-7,13,16-17H,8H2;5H,1-4H2/t21-;13-;/m00./s1. The highest BCUT2D eigenvalue weighted by atomic mass is 16.5. The van der Waals surface area contributed by atoms with Crippen molar-refractivity contribution in [1.29, 1.82) is 0 Å². The molecule has 5 heterocycles. The lowest BCUT2D eigenvalue weighted by molar-refractivity contribution is 0.0317. The molecule has 3 saturated heterocycles. The molecule has 4 aromatic carbocycles. The molecule has 0 amide bonds. The van der Waals surface area contributed by atoms with E-state index in [1.54, 1.807) is 0 Å². The number of phenolic OH excluding ortho intramolecular Hbond substituents is 4. The van der Waals surface area contributed by atoms with Gasteiger partial charge >= 0.3 is 0 Å².